The Labute approximate surface area is 119 Å². The van der Waals surface area contributed by atoms with Gasteiger partial charge in [0.2, 0.25) is 5.82 Å². The van der Waals surface area contributed by atoms with Crippen LogP contribution in [0.3, 0.4) is 0 Å². The molecule has 0 unspecified atom stereocenters. The quantitative estimate of drug-likeness (QED) is 0.432. The molecule has 1 aromatic carbocycles. The zero-order valence-corrected chi connectivity index (χ0v) is 11.5. The maximum Gasteiger partial charge on any atom is 0.305 e. The number of nitro groups is 1. The van der Waals surface area contributed by atoms with E-state index in [2.05, 4.69) is 5.32 Å². The molecule has 1 rings (SSSR count). The van der Waals surface area contributed by atoms with Gasteiger partial charge in [-0.1, -0.05) is 0 Å². The number of rotatable bonds is 8. The topological polar surface area (TPSA) is 92.5 Å². The van der Waals surface area contributed by atoms with Gasteiger partial charge in [0.15, 0.2) is 0 Å². The second-order valence-corrected chi connectivity index (χ2v) is 5.09. The van der Waals surface area contributed by atoms with Crippen molar-refractivity contribution >= 4 is 23.4 Å². The van der Waals surface area contributed by atoms with Gasteiger partial charge in [0, 0.05) is 30.5 Å². The summed E-state index contributed by atoms with van der Waals surface area (Å²) in [7, 11) is 0. The maximum atomic E-state index is 13.1. The van der Waals surface area contributed by atoms with Crippen LogP contribution in [0.15, 0.2) is 18.2 Å². The molecule has 2 N–H and O–H groups in total. The van der Waals surface area contributed by atoms with Crippen LogP contribution in [0, 0.1) is 15.9 Å². The number of nitrogens with one attached hydrogen (secondary N) is 1. The van der Waals surface area contributed by atoms with E-state index in [1.807, 2.05) is 0 Å². The molecule has 20 heavy (non-hydrogen) atoms. The number of benzene rings is 1. The van der Waals surface area contributed by atoms with E-state index in [9.17, 15) is 19.3 Å². The van der Waals surface area contributed by atoms with Crippen LogP contribution in [-0.4, -0.2) is 40.6 Å². The molecular formula is C12H15FN2O4S. The highest BCUT2D eigenvalue weighted by Crippen LogP contribution is 2.18. The van der Waals surface area contributed by atoms with Gasteiger partial charge in [-0.05, 0) is 24.3 Å². The van der Waals surface area contributed by atoms with E-state index in [4.69, 9.17) is 5.11 Å². The lowest BCUT2D eigenvalue weighted by Gasteiger charge is -2.05. The summed E-state index contributed by atoms with van der Waals surface area (Å²) < 4.78 is 13.1. The molecule has 0 aliphatic carbocycles. The molecule has 0 heterocycles. The van der Waals surface area contributed by atoms with Gasteiger partial charge in [0.25, 0.3) is 5.91 Å². The first-order valence-electron chi connectivity index (χ1n) is 5.97. The fraction of sp³-hybridized carbons (Fsp3) is 0.417. The number of hydrogen-bond acceptors (Lipinski definition) is 5. The van der Waals surface area contributed by atoms with Crippen molar-refractivity contribution < 1.29 is 19.2 Å². The summed E-state index contributed by atoms with van der Waals surface area (Å²) in [6, 6.07) is 3.03. The molecule has 0 fully saturated rings. The lowest BCUT2D eigenvalue weighted by molar-refractivity contribution is -0.387. The number of halogens is 1. The average molecular weight is 302 g/mol. The smallest absolute Gasteiger partial charge is 0.305 e. The highest BCUT2D eigenvalue weighted by Gasteiger charge is 2.17. The number of carbonyl (C=O) groups excluding carboxylic acids is 1. The molecule has 0 spiro atoms. The third-order valence-corrected chi connectivity index (χ3v) is 3.45. The molecule has 8 heteroatoms. The standard InChI is InChI=1S/C12H15FN2O4S/c13-10-3-2-9(8-11(10)15(18)19)12(17)14-4-7-20-6-1-5-16/h2-3,8,16H,1,4-7H2,(H,14,17). The Kier molecular flexibility index (Phi) is 6.96. The molecule has 0 saturated carbocycles. The van der Waals surface area contributed by atoms with E-state index >= 15 is 0 Å². The van der Waals surface area contributed by atoms with E-state index in [1.54, 1.807) is 11.8 Å². The number of carbonyl (C=O) groups is 1. The summed E-state index contributed by atoms with van der Waals surface area (Å²) in [5.74, 6) is 0.0330. The molecular weight excluding hydrogens is 287 g/mol. The van der Waals surface area contributed by atoms with Gasteiger partial charge >= 0.3 is 5.69 Å². The van der Waals surface area contributed by atoms with Gasteiger partial charge in [-0.2, -0.15) is 16.2 Å². The van der Waals surface area contributed by atoms with Gasteiger partial charge in [-0.15, -0.1) is 0 Å². The van der Waals surface area contributed by atoms with Gasteiger partial charge < -0.3 is 10.4 Å². The maximum absolute atomic E-state index is 13.1. The molecule has 0 radical (unpaired) electrons. The van der Waals surface area contributed by atoms with E-state index in [0.29, 0.717) is 18.7 Å². The Bertz CT molecular complexity index is 485. The Morgan fingerprint density at radius 1 is 1.45 bits per heavy atom. The molecule has 110 valence electrons. The van der Waals surface area contributed by atoms with Gasteiger partial charge in [-0.25, -0.2) is 0 Å². The van der Waals surface area contributed by atoms with Crippen molar-refractivity contribution in [2.45, 2.75) is 6.42 Å². The number of hydrogen-bond donors (Lipinski definition) is 2. The lowest BCUT2D eigenvalue weighted by Crippen LogP contribution is -2.26. The van der Waals surface area contributed by atoms with Crippen LogP contribution >= 0.6 is 11.8 Å². The van der Waals surface area contributed by atoms with Crippen LogP contribution in [0.2, 0.25) is 0 Å². The number of nitrogens with zero attached hydrogens (tertiary/aromatic N) is 1. The molecule has 0 saturated heterocycles. The largest absolute Gasteiger partial charge is 0.396 e. The summed E-state index contributed by atoms with van der Waals surface area (Å²) in [6.45, 7) is 0.540. The van der Waals surface area contributed by atoms with Crippen molar-refractivity contribution in [3.63, 3.8) is 0 Å². The minimum Gasteiger partial charge on any atom is -0.396 e. The van der Waals surface area contributed by atoms with Crippen molar-refractivity contribution in [2.75, 3.05) is 24.7 Å². The number of aliphatic hydroxyl groups is 1. The Balaban J connectivity index is 2.47. The van der Waals surface area contributed by atoms with Gasteiger partial charge in [0.1, 0.15) is 0 Å². The van der Waals surface area contributed by atoms with Crippen molar-refractivity contribution in [3.05, 3.63) is 39.7 Å². The van der Waals surface area contributed by atoms with Crippen molar-refractivity contribution in [1.82, 2.24) is 5.32 Å². The zero-order valence-electron chi connectivity index (χ0n) is 10.7. The van der Waals surface area contributed by atoms with Crippen LogP contribution in [-0.2, 0) is 0 Å². The van der Waals surface area contributed by atoms with Crippen LogP contribution in [0.1, 0.15) is 16.8 Å². The normalized spacial score (nSPS) is 10.3. The SMILES string of the molecule is O=C(NCCSCCCO)c1ccc(F)c([N+](=O)[O-])c1. The summed E-state index contributed by atoms with van der Waals surface area (Å²) >= 11 is 1.58. The minimum absolute atomic E-state index is 0.0541. The highest BCUT2D eigenvalue weighted by atomic mass is 32.2. The van der Waals surface area contributed by atoms with Gasteiger partial charge in [0.05, 0.1) is 4.92 Å². The average Bonchev–Trinajstić information content (AvgIpc) is 2.42. The predicted molar refractivity (Wildman–Crippen MR) is 74.4 cm³/mol. The molecule has 0 bridgehead atoms. The second kappa shape index (κ2) is 8.49. The monoisotopic (exact) mass is 302 g/mol. The zero-order chi connectivity index (χ0) is 15.0. The van der Waals surface area contributed by atoms with Crippen LogP contribution in [0.25, 0.3) is 0 Å². The number of thioether (sulfide) groups is 1. The van der Waals surface area contributed by atoms with Crippen molar-refractivity contribution in [1.29, 1.82) is 0 Å². The molecule has 0 aromatic heterocycles. The van der Waals surface area contributed by atoms with Crippen LogP contribution in [0.5, 0.6) is 0 Å². The molecule has 0 aliphatic rings. The fourth-order valence-corrected chi connectivity index (χ4v) is 2.19. The van der Waals surface area contributed by atoms with Crippen LogP contribution in [0.4, 0.5) is 10.1 Å². The fourth-order valence-electron chi connectivity index (χ4n) is 1.40. The Morgan fingerprint density at radius 3 is 2.85 bits per heavy atom. The second-order valence-electron chi connectivity index (χ2n) is 3.87. The third kappa shape index (κ3) is 5.14. The van der Waals surface area contributed by atoms with Crippen molar-refractivity contribution in [2.24, 2.45) is 0 Å². The number of nitro benzene ring substituents is 1. The van der Waals surface area contributed by atoms with E-state index in [0.717, 1.165) is 17.9 Å². The molecule has 0 atom stereocenters. The predicted octanol–water partition coefficient (Wildman–Crippen LogP) is 1.58. The summed E-state index contributed by atoms with van der Waals surface area (Å²) in [5, 5.41) is 21.7. The third-order valence-electron chi connectivity index (χ3n) is 2.38. The minimum atomic E-state index is -0.967. The summed E-state index contributed by atoms with van der Waals surface area (Å²) in [6.07, 6.45) is 0.697. The summed E-state index contributed by atoms with van der Waals surface area (Å²) in [5.41, 5.74) is -0.659. The lowest BCUT2D eigenvalue weighted by atomic mass is 10.2. The number of amides is 1. The Hall–Kier alpha value is -1.67. The van der Waals surface area contributed by atoms with E-state index < -0.39 is 22.3 Å². The first-order valence-corrected chi connectivity index (χ1v) is 7.12. The van der Waals surface area contributed by atoms with Gasteiger partial charge in [-0.3, -0.25) is 14.9 Å². The molecule has 1 amide bonds. The Morgan fingerprint density at radius 2 is 2.20 bits per heavy atom. The number of aliphatic hydroxyl groups excluding tert-OH is 1. The van der Waals surface area contributed by atoms with E-state index in [1.165, 1.54) is 6.07 Å². The highest BCUT2D eigenvalue weighted by molar-refractivity contribution is 7.99. The first kappa shape index (κ1) is 16.4. The summed E-state index contributed by atoms with van der Waals surface area (Å²) in [4.78, 5) is 21.4. The van der Waals surface area contributed by atoms with Crippen LogP contribution < -0.4 is 5.32 Å². The molecule has 0 aliphatic heterocycles. The van der Waals surface area contributed by atoms with E-state index in [-0.39, 0.29) is 12.2 Å². The van der Waals surface area contributed by atoms with Crippen molar-refractivity contribution in [3.8, 4) is 0 Å². The molecule has 1 aromatic rings. The first-order chi connectivity index (χ1) is 9.56. The molecule has 6 nitrogen and oxygen atoms in total.